The summed E-state index contributed by atoms with van der Waals surface area (Å²) >= 11 is 7.30. The molecule has 8 rings (SSSR count). The molecule has 0 spiro atoms. The number of hydrogen-bond acceptors (Lipinski definition) is 11. The van der Waals surface area contributed by atoms with Gasteiger partial charge < -0.3 is 35.7 Å². The Kier molecular flexibility index (Phi) is 9.72. The maximum atomic E-state index is 16.8. The molecule has 6 saturated carbocycles. The first-order valence-electron chi connectivity index (χ1n) is 20.0. The van der Waals surface area contributed by atoms with Crippen molar-refractivity contribution < 1.29 is 59.3 Å². The normalized spacial score (nSPS) is 52.5. The van der Waals surface area contributed by atoms with Crippen LogP contribution in [-0.2, 0) is 19.2 Å². The van der Waals surface area contributed by atoms with Crippen LogP contribution < -0.4 is 0 Å². The van der Waals surface area contributed by atoms with Crippen LogP contribution in [0.5, 0.6) is 0 Å². The van der Waals surface area contributed by atoms with E-state index >= 15 is 4.39 Å². The highest BCUT2D eigenvalue weighted by molar-refractivity contribution is 6.26. The van der Waals surface area contributed by atoms with Crippen molar-refractivity contribution in [2.24, 2.45) is 51.2 Å². The second-order valence-electron chi connectivity index (χ2n) is 19.1. The van der Waals surface area contributed by atoms with E-state index in [2.05, 4.69) is 0 Å². The summed E-state index contributed by atoms with van der Waals surface area (Å²) in [7, 11) is 0. The molecule has 8 aliphatic carbocycles. The van der Waals surface area contributed by atoms with E-state index < -0.39 is 98.3 Å². The smallest absolute Gasteiger partial charge is 0.192 e. The van der Waals surface area contributed by atoms with E-state index in [-0.39, 0.29) is 48.6 Å². The highest BCUT2D eigenvalue weighted by atomic mass is 35.5. The lowest BCUT2D eigenvalue weighted by atomic mass is 9.44. The van der Waals surface area contributed by atoms with Crippen LogP contribution in [0.4, 0.5) is 4.39 Å². The molecule has 13 heteroatoms. The minimum Gasteiger partial charge on any atom is -0.391 e. The molecule has 0 radical (unpaired) electrons. The average molecular weight is 803 g/mol. The van der Waals surface area contributed by atoms with E-state index in [1.165, 1.54) is 24.3 Å². The number of halogens is 2. The fourth-order valence-electron chi connectivity index (χ4n) is 14.1. The molecule has 7 N–H and O–H groups in total. The van der Waals surface area contributed by atoms with Crippen LogP contribution in [-0.4, -0.2) is 112 Å². The molecule has 11 nitrogen and oxygen atoms in total. The van der Waals surface area contributed by atoms with Gasteiger partial charge in [-0.2, -0.15) is 0 Å². The van der Waals surface area contributed by atoms with Crippen LogP contribution in [0.2, 0.25) is 0 Å². The number of Topliss-reactive ketones (excluding diaryl/α,β-unsaturated/α-hetero) is 2. The molecule has 16 atom stereocenters. The number of fused-ring (bicyclic) bond motifs is 10. The van der Waals surface area contributed by atoms with Crippen LogP contribution in [0.1, 0.15) is 86.0 Å². The van der Waals surface area contributed by atoms with E-state index in [0.29, 0.717) is 37.7 Å². The van der Waals surface area contributed by atoms with Gasteiger partial charge in [0.2, 0.25) is 0 Å². The van der Waals surface area contributed by atoms with Crippen LogP contribution in [0.3, 0.4) is 0 Å². The Morgan fingerprint density at radius 3 is 1.75 bits per heavy atom. The standard InChI is InChI=1S/C22H29ClO5.C21H27FO6/c1-12-8-16-15-5-4-13-9-14(25)6-7-19(13,2)21(15,23)17(26)10-20(16,3)22(12,28)18(27)11-24;1-18-6-5-12(24)7-11(18)3-4-13-14-8-15(25)21(28,17(27)10-23)19(14,2)9-16(26)20(13,18)22/h6-7,9,12,15-17,24,26,28H,4-5,8,10-11H2,1-3H3;5-7,13-16,23,25-26,28H,3-4,8-10H2,1-2H3/t12-,15-,16-,17-,19-,20-,21-,22-;13-,14-,15+,16-,18-,19-,20-,21-/m00/s1. The lowest BCUT2D eigenvalue weighted by Crippen LogP contribution is -2.69. The molecule has 6 fully saturated rings. The van der Waals surface area contributed by atoms with Crippen molar-refractivity contribution in [1.82, 2.24) is 0 Å². The molecule has 56 heavy (non-hydrogen) atoms. The SMILES string of the molecule is C[C@H]1C[C@H]2[C@@H]3CCC4=CC(=O)C=C[C@]4(C)[C@@]3(Cl)[C@@H](O)C[C@]2(C)[C@@]1(O)C(=O)CO.C[C@]12C=CC(=O)C=C1CC[C@H]1[C@@H]3C[C@@H](O)[C@](O)(C(=O)CO)[C@@]3(C)C[C@H](O)[C@@]12F. The van der Waals surface area contributed by atoms with Gasteiger partial charge in [0.25, 0.3) is 0 Å². The van der Waals surface area contributed by atoms with Crippen LogP contribution in [0.15, 0.2) is 47.6 Å². The van der Waals surface area contributed by atoms with E-state index in [1.807, 2.05) is 26.8 Å². The van der Waals surface area contributed by atoms with Gasteiger partial charge in [-0.1, -0.05) is 51.0 Å². The molecular formula is C43H56ClFO11. The zero-order valence-electron chi connectivity index (χ0n) is 32.7. The molecule has 0 aliphatic heterocycles. The maximum Gasteiger partial charge on any atom is 0.192 e. The van der Waals surface area contributed by atoms with Gasteiger partial charge in [-0.25, -0.2) is 4.39 Å². The Balaban J connectivity index is 0.000000172. The number of allylic oxidation sites excluding steroid dienone is 8. The summed E-state index contributed by atoms with van der Waals surface area (Å²) in [6.45, 7) is 7.31. The summed E-state index contributed by atoms with van der Waals surface area (Å²) in [5, 5.41) is 74.4. The fourth-order valence-corrected chi connectivity index (χ4v) is 14.6. The Morgan fingerprint density at radius 2 is 1.18 bits per heavy atom. The number of ketones is 4. The van der Waals surface area contributed by atoms with Crippen molar-refractivity contribution in [3.8, 4) is 0 Å². The number of hydrogen-bond donors (Lipinski definition) is 7. The zero-order valence-corrected chi connectivity index (χ0v) is 33.4. The third-order valence-electron chi connectivity index (χ3n) is 17.2. The van der Waals surface area contributed by atoms with Gasteiger partial charge in [0.05, 0.1) is 23.2 Å². The Labute approximate surface area is 331 Å². The average Bonchev–Trinajstić information content (AvgIpc) is 3.48. The third-order valence-corrected chi connectivity index (χ3v) is 18.1. The first-order chi connectivity index (χ1) is 25.9. The van der Waals surface area contributed by atoms with Gasteiger partial charge in [0, 0.05) is 27.6 Å². The van der Waals surface area contributed by atoms with Gasteiger partial charge in [-0.15, -0.1) is 11.6 Å². The summed E-state index contributed by atoms with van der Waals surface area (Å²) in [4.78, 5) is 47.7. The molecule has 0 amide bonds. The quantitative estimate of drug-likeness (QED) is 0.206. The van der Waals surface area contributed by atoms with E-state index in [9.17, 15) is 54.9 Å². The summed E-state index contributed by atoms with van der Waals surface area (Å²) in [5.74, 6) is -3.53. The van der Waals surface area contributed by atoms with Crippen molar-refractivity contribution in [2.45, 2.75) is 126 Å². The van der Waals surface area contributed by atoms with Crippen molar-refractivity contribution >= 4 is 34.7 Å². The lowest BCUT2D eigenvalue weighted by molar-refractivity contribution is -0.222. The van der Waals surface area contributed by atoms with Crippen LogP contribution in [0.25, 0.3) is 0 Å². The van der Waals surface area contributed by atoms with Gasteiger partial charge >= 0.3 is 0 Å². The molecular weight excluding hydrogens is 747 g/mol. The highest BCUT2D eigenvalue weighted by Gasteiger charge is 2.77. The number of rotatable bonds is 4. The van der Waals surface area contributed by atoms with Crippen LogP contribution in [0, 0.1) is 51.2 Å². The number of carbonyl (C=O) groups excluding carboxylic acids is 4. The third kappa shape index (κ3) is 4.81. The lowest BCUT2D eigenvalue weighted by Gasteiger charge is -2.63. The van der Waals surface area contributed by atoms with E-state index in [0.717, 1.165) is 5.57 Å². The molecule has 0 aromatic heterocycles. The fraction of sp³-hybridized carbons (Fsp3) is 0.721. The largest absolute Gasteiger partial charge is 0.391 e. The maximum absolute atomic E-state index is 16.8. The van der Waals surface area contributed by atoms with Gasteiger partial charge in [-0.05, 0) is 106 Å². The highest BCUT2D eigenvalue weighted by Crippen LogP contribution is 2.72. The first kappa shape index (κ1) is 41.7. The predicted octanol–water partition coefficient (Wildman–Crippen LogP) is 2.79. The Morgan fingerprint density at radius 1 is 0.714 bits per heavy atom. The molecule has 0 unspecified atom stereocenters. The number of alkyl halides is 2. The summed E-state index contributed by atoms with van der Waals surface area (Å²) in [5.41, 5.74) is -8.37. The van der Waals surface area contributed by atoms with Gasteiger partial charge in [0.15, 0.2) is 34.4 Å². The molecule has 0 bridgehead atoms. The van der Waals surface area contributed by atoms with E-state index in [4.69, 9.17) is 11.6 Å². The number of aliphatic hydroxyl groups excluding tert-OH is 5. The monoisotopic (exact) mass is 802 g/mol. The Bertz CT molecular complexity index is 1750. The molecule has 0 aromatic rings. The first-order valence-corrected chi connectivity index (χ1v) is 20.3. The van der Waals surface area contributed by atoms with Crippen molar-refractivity contribution in [3.05, 3.63) is 47.6 Å². The number of aliphatic hydroxyl groups is 7. The molecule has 308 valence electrons. The summed E-state index contributed by atoms with van der Waals surface area (Å²) in [6.07, 6.45) is 8.15. The second kappa shape index (κ2) is 13.0. The topological polar surface area (TPSA) is 210 Å². The van der Waals surface area contributed by atoms with E-state index in [1.54, 1.807) is 19.9 Å². The summed E-state index contributed by atoms with van der Waals surface area (Å²) in [6, 6.07) is 0. The minimum atomic E-state index is -2.23. The number of carbonyl (C=O) groups is 4. The molecule has 8 aliphatic rings. The van der Waals surface area contributed by atoms with Crippen molar-refractivity contribution in [2.75, 3.05) is 13.2 Å². The molecule has 0 heterocycles. The van der Waals surface area contributed by atoms with Gasteiger partial charge in [0.1, 0.15) is 18.8 Å². The minimum absolute atomic E-state index is 0.0135. The predicted molar refractivity (Wildman–Crippen MR) is 201 cm³/mol. The zero-order chi connectivity index (χ0) is 41.4. The van der Waals surface area contributed by atoms with Gasteiger partial charge in [-0.3, -0.25) is 19.2 Å². The molecule has 0 aromatic carbocycles. The second-order valence-corrected chi connectivity index (χ2v) is 19.7. The van der Waals surface area contributed by atoms with Crippen molar-refractivity contribution in [1.29, 1.82) is 0 Å². The summed E-state index contributed by atoms with van der Waals surface area (Å²) < 4.78 is 16.8. The van der Waals surface area contributed by atoms with Crippen molar-refractivity contribution in [3.63, 3.8) is 0 Å². The Hall–Kier alpha value is -2.42. The van der Waals surface area contributed by atoms with Crippen LogP contribution >= 0.6 is 11.6 Å². The molecule has 0 saturated heterocycles.